The quantitative estimate of drug-likeness (QED) is 0.357. The van der Waals surface area contributed by atoms with Crippen molar-refractivity contribution in [2.45, 2.75) is 25.4 Å². The van der Waals surface area contributed by atoms with Crippen LogP contribution < -0.4 is 22.1 Å². The highest BCUT2D eigenvalue weighted by molar-refractivity contribution is 4.63. The Morgan fingerprint density at radius 3 is 1.93 bits per heavy atom. The first-order valence-electron chi connectivity index (χ1n) is 5.77. The maximum Gasteiger partial charge on any atom is 0.125 e. The van der Waals surface area contributed by atoms with E-state index in [1.165, 1.54) is 0 Å². The molecule has 0 heterocycles. The third kappa shape index (κ3) is 11.7. The van der Waals surface area contributed by atoms with Crippen molar-refractivity contribution in [3.63, 3.8) is 0 Å². The van der Waals surface area contributed by atoms with Gasteiger partial charge < -0.3 is 22.1 Å². The lowest BCUT2D eigenvalue weighted by atomic mass is 10.3. The van der Waals surface area contributed by atoms with Crippen LogP contribution in [-0.4, -0.2) is 45.4 Å². The van der Waals surface area contributed by atoms with Crippen LogP contribution in [0.15, 0.2) is 0 Å². The zero-order chi connectivity index (χ0) is 11.4. The molecule has 1 atom stereocenters. The van der Waals surface area contributed by atoms with Gasteiger partial charge in [-0.15, -0.1) is 0 Å². The predicted octanol–water partition coefficient (Wildman–Crippen LogP) is -0.409. The first kappa shape index (κ1) is 14.8. The SMILES string of the molecule is NCCCCNCC(F)CNCCCN. The van der Waals surface area contributed by atoms with Gasteiger partial charge in [0.05, 0.1) is 0 Å². The number of hydrogen-bond donors (Lipinski definition) is 4. The molecule has 0 fully saturated rings. The van der Waals surface area contributed by atoms with Crippen molar-refractivity contribution >= 4 is 0 Å². The summed E-state index contributed by atoms with van der Waals surface area (Å²) < 4.78 is 13.2. The van der Waals surface area contributed by atoms with E-state index in [2.05, 4.69) is 10.6 Å². The van der Waals surface area contributed by atoms with E-state index in [1.54, 1.807) is 0 Å². The molecule has 0 aliphatic carbocycles. The van der Waals surface area contributed by atoms with E-state index in [1.807, 2.05) is 0 Å². The second-order valence-corrected chi connectivity index (χ2v) is 3.64. The summed E-state index contributed by atoms with van der Waals surface area (Å²) in [5, 5.41) is 6.09. The third-order valence-electron chi connectivity index (χ3n) is 2.10. The molecule has 0 saturated heterocycles. The Labute approximate surface area is 92.0 Å². The van der Waals surface area contributed by atoms with Crippen LogP contribution >= 0.6 is 0 Å². The molecule has 92 valence electrons. The number of hydrogen-bond acceptors (Lipinski definition) is 4. The minimum atomic E-state index is -0.819. The molecule has 0 aromatic carbocycles. The lowest BCUT2D eigenvalue weighted by Gasteiger charge is -2.10. The maximum absolute atomic E-state index is 13.2. The zero-order valence-electron chi connectivity index (χ0n) is 9.47. The van der Waals surface area contributed by atoms with E-state index in [0.717, 1.165) is 32.4 Å². The number of unbranched alkanes of at least 4 members (excludes halogenated alkanes) is 1. The van der Waals surface area contributed by atoms with Crippen LogP contribution in [0.4, 0.5) is 4.39 Å². The third-order valence-corrected chi connectivity index (χ3v) is 2.10. The smallest absolute Gasteiger partial charge is 0.125 e. The summed E-state index contributed by atoms with van der Waals surface area (Å²) in [6.07, 6.45) is 2.10. The number of nitrogens with one attached hydrogen (secondary N) is 2. The van der Waals surface area contributed by atoms with Gasteiger partial charge in [0.1, 0.15) is 6.17 Å². The largest absolute Gasteiger partial charge is 0.330 e. The second-order valence-electron chi connectivity index (χ2n) is 3.64. The van der Waals surface area contributed by atoms with Gasteiger partial charge in [-0.1, -0.05) is 0 Å². The molecule has 0 aromatic rings. The van der Waals surface area contributed by atoms with Crippen molar-refractivity contribution in [2.24, 2.45) is 11.5 Å². The van der Waals surface area contributed by atoms with Gasteiger partial charge in [0.25, 0.3) is 0 Å². The highest BCUT2D eigenvalue weighted by atomic mass is 19.1. The van der Waals surface area contributed by atoms with Crippen LogP contribution in [0.5, 0.6) is 0 Å². The summed E-state index contributed by atoms with van der Waals surface area (Å²) >= 11 is 0. The number of nitrogens with two attached hydrogens (primary N) is 2. The fourth-order valence-electron chi connectivity index (χ4n) is 1.21. The van der Waals surface area contributed by atoms with Crippen molar-refractivity contribution < 1.29 is 4.39 Å². The Balaban J connectivity index is 3.08. The van der Waals surface area contributed by atoms with Gasteiger partial charge >= 0.3 is 0 Å². The van der Waals surface area contributed by atoms with Crippen molar-refractivity contribution in [3.8, 4) is 0 Å². The summed E-state index contributed by atoms with van der Waals surface area (Å²) in [5.41, 5.74) is 10.7. The molecule has 0 aliphatic rings. The van der Waals surface area contributed by atoms with Crippen LogP contribution in [0.25, 0.3) is 0 Å². The highest BCUT2D eigenvalue weighted by Gasteiger charge is 2.03. The molecule has 0 aliphatic heterocycles. The molecular weight excluding hydrogens is 195 g/mol. The zero-order valence-corrected chi connectivity index (χ0v) is 9.47. The Bertz CT molecular complexity index is 124. The van der Waals surface area contributed by atoms with Crippen LogP contribution in [0.1, 0.15) is 19.3 Å². The lowest BCUT2D eigenvalue weighted by molar-refractivity contribution is 0.306. The summed E-state index contributed by atoms with van der Waals surface area (Å²) in [4.78, 5) is 0. The predicted molar refractivity (Wildman–Crippen MR) is 62.6 cm³/mol. The minimum absolute atomic E-state index is 0.407. The average molecular weight is 220 g/mol. The minimum Gasteiger partial charge on any atom is -0.330 e. The summed E-state index contributed by atoms with van der Waals surface area (Å²) in [5.74, 6) is 0. The van der Waals surface area contributed by atoms with Gasteiger partial charge in [-0.2, -0.15) is 0 Å². The van der Waals surface area contributed by atoms with Crippen molar-refractivity contribution in [1.82, 2.24) is 10.6 Å². The van der Waals surface area contributed by atoms with E-state index in [-0.39, 0.29) is 0 Å². The molecule has 0 amide bonds. The molecule has 1 unspecified atom stereocenters. The van der Waals surface area contributed by atoms with E-state index in [4.69, 9.17) is 11.5 Å². The van der Waals surface area contributed by atoms with Crippen LogP contribution in [-0.2, 0) is 0 Å². The van der Waals surface area contributed by atoms with E-state index >= 15 is 0 Å². The Kier molecular flexibility index (Phi) is 11.7. The van der Waals surface area contributed by atoms with Gasteiger partial charge in [-0.3, -0.25) is 0 Å². The van der Waals surface area contributed by atoms with Gasteiger partial charge in [-0.25, -0.2) is 4.39 Å². The van der Waals surface area contributed by atoms with Crippen molar-refractivity contribution in [1.29, 1.82) is 0 Å². The standard InChI is InChI=1S/C10H25FN4/c11-10(9-15-7-3-5-13)8-14-6-2-1-4-12/h10,14-15H,1-9,12-13H2. The lowest BCUT2D eigenvalue weighted by Crippen LogP contribution is -2.34. The Morgan fingerprint density at radius 1 is 0.867 bits per heavy atom. The van der Waals surface area contributed by atoms with E-state index in [0.29, 0.717) is 26.2 Å². The van der Waals surface area contributed by atoms with Crippen molar-refractivity contribution in [3.05, 3.63) is 0 Å². The Hall–Kier alpha value is -0.230. The molecule has 15 heavy (non-hydrogen) atoms. The normalized spacial score (nSPS) is 13.0. The molecule has 5 heteroatoms. The average Bonchev–Trinajstić information content (AvgIpc) is 2.24. The monoisotopic (exact) mass is 220 g/mol. The van der Waals surface area contributed by atoms with Crippen LogP contribution in [0, 0.1) is 0 Å². The molecule has 0 rings (SSSR count). The van der Waals surface area contributed by atoms with Crippen molar-refractivity contribution in [2.75, 3.05) is 39.3 Å². The second kappa shape index (κ2) is 11.8. The van der Waals surface area contributed by atoms with E-state index < -0.39 is 6.17 Å². The van der Waals surface area contributed by atoms with Gasteiger partial charge in [0.15, 0.2) is 0 Å². The highest BCUT2D eigenvalue weighted by Crippen LogP contribution is 1.88. The molecule has 0 bridgehead atoms. The maximum atomic E-state index is 13.2. The summed E-state index contributed by atoms with van der Waals surface area (Å²) in [7, 11) is 0. The molecular formula is C10H25FN4. The summed E-state index contributed by atoms with van der Waals surface area (Å²) in [6.45, 7) is 3.83. The van der Waals surface area contributed by atoms with Crippen LogP contribution in [0.3, 0.4) is 0 Å². The number of rotatable bonds is 11. The van der Waals surface area contributed by atoms with Crippen LogP contribution in [0.2, 0.25) is 0 Å². The summed E-state index contributed by atoms with van der Waals surface area (Å²) in [6, 6.07) is 0. The molecule has 0 aromatic heterocycles. The number of alkyl halides is 1. The molecule has 0 saturated carbocycles. The fourth-order valence-corrected chi connectivity index (χ4v) is 1.21. The van der Waals surface area contributed by atoms with Gasteiger partial charge in [0.2, 0.25) is 0 Å². The molecule has 0 spiro atoms. The van der Waals surface area contributed by atoms with Gasteiger partial charge in [0, 0.05) is 13.1 Å². The topological polar surface area (TPSA) is 76.1 Å². The van der Waals surface area contributed by atoms with Gasteiger partial charge in [-0.05, 0) is 45.4 Å². The molecule has 6 N–H and O–H groups in total. The molecule has 0 radical (unpaired) electrons. The Morgan fingerprint density at radius 2 is 1.40 bits per heavy atom. The fraction of sp³-hybridized carbons (Fsp3) is 1.00. The first-order chi connectivity index (χ1) is 7.31. The molecule has 4 nitrogen and oxygen atoms in total. The number of halogens is 1. The first-order valence-corrected chi connectivity index (χ1v) is 5.77. The van der Waals surface area contributed by atoms with E-state index in [9.17, 15) is 4.39 Å².